The van der Waals surface area contributed by atoms with Crippen molar-refractivity contribution in [3.63, 3.8) is 0 Å². The molecule has 6 heteroatoms. The molecular formula is C21H17N3O3. The van der Waals surface area contributed by atoms with Crippen molar-refractivity contribution in [1.82, 2.24) is 9.38 Å². The number of hydrogen-bond donors (Lipinski definition) is 1. The van der Waals surface area contributed by atoms with Crippen molar-refractivity contribution < 1.29 is 14.2 Å². The van der Waals surface area contributed by atoms with Gasteiger partial charge in [-0.2, -0.15) is 0 Å². The largest absolute Gasteiger partial charge is 0.497 e. The van der Waals surface area contributed by atoms with Crippen molar-refractivity contribution in [1.29, 1.82) is 0 Å². The van der Waals surface area contributed by atoms with Gasteiger partial charge >= 0.3 is 0 Å². The van der Waals surface area contributed by atoms with Gasteiger partial charge in [0, 0.05) is 23.5 Å². The lowest BCUT2D eigenvalue weighted by Gasteiger charge is -2.10. The molecule has 0 atom stereocenters. The molecule has 2 aromatic carbocycles. The molecule has 1 N–H and O–H groups in total. The molecule has 0 amide bonds. The predicted molar refractivity (Wildman–Crippen MR) is 103 cm³/mol. The molecule has 0 saturated carbocycles. The van der Waals surface area contributed by atoms with Crippen molar-refractivity contribution >= 4 is 17.2 Å². The molecule has 6 nitrogen and oxygen atoms in total. The summed E-state index contributed by atoms with van der Waals surface area (Å²) in [6.45, 7) is 0.255. The third-order valence-electron chi connectivity index (χ3n) is 4.53. The summed E-state index contributed by atoms with van der Waals surface area (Å²) in [6, 6.07) is 19.6. The first-order chi connectivity index (χ1) is 13.3. The number of methoxy groups -OCH3 is 1. The number of rotatable bonds is 4. The molecule has 0 radical (unpaired) electrons. The van der Waals surface area contributed by atoms with E-state index in [-0.39, 0.29) is 6.79 Å². The number of nitrogens with one attached hydrogen (secondary N) is 1. The molecule has 4 aromatic rings. The minimum Gasteiger partial charge on any atom is -0.497 e. The monoisotopic (exact) mass is 359 g/mol. The van der Waals surface area contributed by atoms with Crippen molar-refractivity contribution in [3.05, 3.63) is 66.9 Å². The Morgan fingerprint density at radius 1 is 1.00 bits per heavy atom. The second-order valence-corrected chi connectivity index (χ2v) is 6.16. The van der Waals surface area contributed by atoms with E-state index in [1.165, 1.54) is 0 Å². The van der Waals surface area contributed by atoms with Gasteiger partial charge < -0.3 is 19.5 Å². The molecular weight excluding hydrogens is 342 g/mol. The number of nitrogens with zero attached hydrogens (tertiary/aromatic N) is 2. The zero-order chi connectivity index (χ0) is 18.2. The highest BCUT2D eigenvalue weighted by Gasteiger charge is 2.17. The molecule has 2 aromatic heterocycles. The highest BCUT2D eigenvalue weighted by atomic mass is 16.7. The minimum atomic E-state index is 0.255. The van der Waals surface area contributed by atoms with Crippen molar-refractivity contribution in [3.8, 4) is 28.5 Å². The molecule has 0 aliphatic carbocycles. The van der Waals surface area contributed by atoms with Crippen LogP contribution in [0.5, 0.6) is 17.2 Å². The number of imidazole rings is 1. The first kappa shape index (κ1) is 15.6. The van der Waals surface area contributed by atoms with Gasteiger partial charge in [-0.15, -0.1) is 0 Å². The second-order valence-electron chi connectivity index (χ2n) is 6.16. The Hall–Kier alpha value is -3.67. The molecule has 0 spiro atoms. The Balaban J connectivity index is 1.61. The fraction of sp³-hybridized carbons (Fsp3) is 0.0952. The average Bonchev–Trinajstić information content (AvgIpc) is 3.33. The SMILES string of the molecule is COc1ccc(-c2nc3ccccn3c2Nc2ccc3c(c2)OCO3)cc1. The summed E-state index contributed by atoms with van der Waals surface area (Å²) >= 11 is 0. The molecule has 134 valence electrons. The number of aromatic nitrogens is 2. The van der Waals surface area contributed by atoms with E-state index < -0.39 is 0 Å². The summed E-state index contributed by atoms with van der Waals surface area (Å²) in [5, 5.41) is 3.49. The lowest BCUT2D eigenvalue weighted by atomic mass is 10.1. The van der Waals surface area contributed by atoms with Crippen molar-refractivity contribution in [2.24, 2.45) is 0 Å². The maximum absolute atomic E-state index is 5.49. The number of pyridine rings is 1. The highest BCUT2D eigenvalue weighted by molar-refractivity contribution is 5.80. The van der Waals surface area contributed by atoms with E-state index in [1.54, 1.807) is 7.11 Å². The van der Waals surface area contributed by atoms with E-state index in [4.69, 9.17) is 19.2 Å². The summed E-state index contributed by atoms with van der Waals surface area (Å²) in [7, 11) is 1.66. The summed E-state index contributed by atoms with van der Waals surface area (Å²) in [5.74, 6) is 3.19. The number of ether oxygens (including phenoxy) is 3. The lowest BCUT2D eigenvalue weighted by molar-refractivity contribution is 0.174. The van der Waals surface area contributed by atoms with Crippen LogP contribution in [-0.4, -0.2) is 23.3 Å². The van der Waals surface area contributed by atoms with Crippen LogP contribution >= 0.6 is 0 Å². The van der Waals surface area contributed by atoms with Gasteiger partial charge in [-0.3, -0.25) is 4.40 Å². The third-order valence-corrected chi connectivity index (χ3v) is 4.53. The van der Waals surface area contributed by atoms with E-state index in [0.717, 1.165) is 45.7 Å². The van der Waals surface area contributed by atoms with E-state index in [1.807, 2.05) is 71.3 Å². The van der Waals surface area contributed by atoms with Gasteiger partial charge in [0.15, 0.2) is 11.5 Å². The van der Waals surface area contributed by atoms with Crippen molar-refractivity contribution in [2.75, 3.05) is 19.2 Å². The molecule has 1 aliphatic heterocycles. The van der Waals surface area contributed by atoms with Crippen LogP contribution in [0.15, 0.2) is 66.9 Å². The van der Waals surface area contributed by atoms with Crippen LogP contribution in [0.25, 0.3) is 16.9 Å². The fourth-order valence-electron chi connectivity index (χ4n) is 3.18. The Kier molecular flexibility index (Phi) is 3.60. The number of fused-ring (bicyclic) bond motifs is 2. The highest BCUT2D eigenvalue weighted by Crippen LogP contribution is 2.37. The third kappa shape index (κ3) is 2.71. The summed E-state index contributed by atoms with van der Waals surface area (Å²) < 4.78 is 18.2. The van der Waals surface area contributed by atoms with E-state index >= 15 is 0 Å². The molecule has 0 saturated heterocycles. The molecule has 0 bridgehead atoms. The number of hydrogen-bond acceptors (Lipinski definition) is 5. The summed E-state index contributed by atoms with van der Waals surface area (Å²) in [5.41, 5.74) is 3.63. The molecule has 3 heterocycles. The van der Waals surface area contributed by atoms with E-state index in [9.17, 15) is 0 Å². The molecule has 27 heavy (non-hydrogen) atoms. The smallest absolute Gasteiger partial charge is 0.231 e. The van der Waals surface area contributed by atoms with Crippen LogP contribution in [0.3, 0.4) is 0 Å². The maximum atomic E-state index is 5.49. The second kappa shape index (κ2) is 6.25. The van der Waals surface area contributed by atoms with Crippen LogP contribution in [0, 0.1) is 0 Å². The minimum absolute atomic E-state index is 0.255. The quantitative estimate of drug-likeness (QED) is 0.582. The average molecular weight is 359 g/mol. The van der Waals surface area contributed by atoms with Gasteiger partial charge in [0.25, 0.3) is 0 Å². The first-order valence-electron chi connectivity index (χ1n) is 8.60. The van der Waals surface area contributed by atoms with Crippen LogP contribution in [-0.2, 0) is 0 Å². The zero-order valence-electron chi connectivity index (χ0n) is 14.7. The Bertz CT molecular complexity index is 1120. The molecule has 0 unspecified atom stereocenters. The number of anilines is 2. The van der Waals surface area contributed by atoms with Gasteiger partial charge in [0.2, 0.25) is 6.79 Å². The van der Waals surface area contributed by atoms with E-state index in [0.29, 0.717) is 0 Å². The Labute approximate surface area is 155 Å². The normalized spacial score (nSPS) is 12.3. The topological polar surface area (TPSA) is 57.0 Å². The van der Waals surface area contributed by atoms with Gasteiger partial charge in [-0.25, -0.2) is 4.98 Å². The van der Waals surface area contributed by atoms with Crippen LogP contribution in [0.2, 0.25) is 0 Å². The Morgan fingerprint density at radius 3 is 2.70 bits per heavy atom. The van der Waals surface area contributed by atoms with Gasteiger partial charge in [-0.05, 0) is 48.5 Å². The zero-order valence-corrected chi connectivity index (χ0v) is 14.7. The van der Waals surface area contributed by atoms with Gasteiger partial charge in [0.1, 0.15) is 22.9 Å². The van der Waals surface area contributed by atoms with Crippen LogP contribution < -0.4 is 19.5 Å². The molecule has 1 aliphatic rings. The summed E-state index contributed by atoms with van der Waals surface area (Å²) in [4.78, 5) is 4.81. The fourth-order valence-corrected chi connectivity index (χ4v) is 3.18. The van der Waals surface area contributed by atoms with E-state index in [2.05, 4.69) is 5.32 Å². The first-order valence-corrected chi connectivity index (χ1v) is 8.60. The molecule has 5 rings (SSSR count). The summed E-state index contributed by atoms with van der Waals surface area (Å²) in [6.07, 6.45) is 1.99. The van der Waals surface area contributed by atoms with Gasteiger partial charge in [-0.1, -0.05) is 6.07 Å². The molecule has 0 fully saturated rings. The maximum Gasteiger partial charge on any atom is 0.231 e. The Morgan fingerprint density at radius 2 is 1.85 bits per heavy atom. The van der Waals surface area contributed by atoms with Gasteiger partial charge in [0.05, 0.1) is 7.11 Å². The number of benzene rings is 2. The standard InChI is InChI=1S/C21H17N3O3/c1-25-16-8-5-14(6-9-16)20-21(24-11-3-2-4-19(24)23-20)22-15-7-10-17-18(12-15)27-13-26-17/h2-12,22H,13H2,1H3. The van der Waals surface area contributed by atoms with Crippen molar-refractivity contribution in [2.45, 2.75) is 0 Å². The van der Waals surface area contributed by atoms with Crippen LogP contribution in [0.4, 0.5) is 11.5 Å². The lowest BCUT2D eigenvalue weighted by Crippen LogP contribution is -1.97. The predicted octanol–water partition coefficient (Wildman–Crippen LogP) is 4.48. The van der Waals surface area contributed by atoms with Crippen LogP contribution in [0.1, 0.15) is 0 Å².